The van der Waals surface area contributed by atoms with Crippen LogP contribution in [0.2, 0.25) is 0 Å². The van der Waals surface area contributed by atoms with Gasteiger partial charge in [-0.15, -0.1) is 11.8 Å². The second kappa shape index (κ2) is 15.1. The summed E-state index contributed by atoms with van der Waals surface area (Å²) in [6.07, 6.45) is 4.07. The Hall–Kier alpha value is -1.33. The fourth-order valence-corrected chi connectivity index (χ4v) is 1.77. The molecule has 0 rings (SSSR count). The third kappa shape index (κ3) is 13.4. The van der Waals surface area contributed by atoms with E-state index in [1.165, 1.54) is 10.5 Å². The molecule has 0 aliphatic heterocycles. The zero-order chi connectivity index (χ0) is 16.7. The first-order valence-electron chi connectivity index (χ1n) is 6.93. The number of carbonyl (C=O) groups excluding carboxylic acids is 1. The van der Waals surface area contributed by atoms with Crippen molar-refractivity contribution in [1.29, 1.82) is 0 Å². The molecule has 0 spiro atoms. The topological polar surface area (TPSA) is 63.3 Å². The fraction of sp³-hybridized carbons (Fsp3) is 0.500. The molecule has 0 fully saturated rings. The molecule has 0 amide bonds. The molecule has 5 heteroatoms. The van der Waals surface area contributed by atoms with E-state index in [4.69, 9.17) is 5.11 Å². The van der Waals surface area contributed by atoms with Crippen molar-refractivity contribution < 1.29 is 14.9 Å². The van der Waals surface area contributed by atoms with E-state index >= 15 is 0 Å². The molecular weight excluding hydrogens is 284 g/mol. The summed E-state index contributed by atoms with van der Waals surface area (Å²) in [5.74, 6) is 0.929. The van der Waals surface area contributed by atoms with Gasteiger partial charge in [0.2, 0.25) is 5.84 Å². The number of aldehydes is 1. The third-order valence-corrected chi connectivity index (χ3v) is 3.59. The predicted molar refractivity (Wildman–Crippen MR) is 93.0 cm³/mol. The number of aliphatic hydroxyl groups is 1. The van der Waals surface area contributed by atoms with E-state index < -0.39 is 0 Å². The van der Waals surface area contributed by atoms with Gasteiger partial charge in [-0.05, 0) is 30.6 Å². The van der Waals surface area contributed by atoms with E-state index in [2.05, 4.69) is 16.9 Å². The van der Waals surface area contributed by atoms with Gasteiger partial charge in [0, 0.05) is 25.5 Å². The van der Waals surface area contributed by atoms with Crippen molar-refractivity contribution in [1.82, 2.24) is 5.32 Å². The van der Waals surface area contributed by atoms with Crippen LogP contribution in [0, 0.1) is 0 Å². The van der Waals surface area contributed by atoms with Crippen LogP contribution in [0.25, 0.3) is 0 Å². The van der Waals surface area contributed by atoms with E-state index in [9.17, 15) is 4.79 Å². The first-order valence-corrected chi connectivity index (χ1v) is 7.81. The summed E-state index contributed by atoms with van der Waals surface area (Å²) in [4.78, 5) is 14.4. The number of amidine groups is 1. The normalized spacial score (nSPS) is 11.1. The Morgan fingerprint density at radius 1 is 1.38 bits per heavy atom. The molecule has 21 heavy (non-hydrogen) atoms. The van der Waals surface area contributed by atoms with Gasteiger partial charge < -0.3 is 5.11 Å². The average Bonchev–Trinajstić information content (AvgIpc) is 2.48. The molecule has 0 aliphatic carbocycles. The van der Waals surface area contributed by atoms with Crippen LogP contribution in [0.3, 0.4) is 0 Å². The standard InChI is InChI=1S/C8H14N2O.C8H14OS/c1-4-8(6-11)5-10-7(2)9-3;1-4-10-8(5-6-9)7(2)3/h5-6H,4H2,1-3H3,(H,9,10);4,9H,1,5-6H2,2-3H3/p+1/b8-5-;. The Balaban J connectivity index is 0. The minimum atomic E-state index is 0.224. The number of nitrogens with one attached hydrogen (secondary N) is 2. The van der Waals surface area contributed by atoms with E-state index in [0.717, 1.165) is 30.5 Å². The Morgan fingerprint density at radius 2 is 2.00 bits per heavy atom. The Labute approximate surface area is 133 Å². The molecule has 0 heterocycles. The molecule has 120 valence electrons. The second-order valence-corrected chi connectivity index (χ2v) is 5.45. The molecule has 0 saturated carbocycles. The van der Waals surface area contributed by atoms with Gasteiger partial charge in [-0.2, -0.15) is 0 Å². The average molecular weight is 313 g/mol. The fourth-order valence-electron chi connectivity index (χ4n) is 1.12. The first-order chi connectivity index (χ1) is 9.96. The first kappa shape index (κ1) is 22.0. The van der Waals surface area contributed by atoms with Gasteiger partial charge in [-0.3, -0.25) is 15.1 Å². The molecule has 0 aromatic rings. The van der Waals surface area contributed by atoms with Crippen molar-refractivity contribution in [3.63, 3.8) is 0 Å². The maximum absolute atomic E-state index is 10.3. The van der Waals surface area contributed by atoms with Crippen molar-refractivity contribution in [2.24, 2.45) is 0 Å². The Morgan fingerprint density at radius 3 is 2.33 bits per heavy atom. The summed E-state index contributed by atoms with van der Waals surface area (Å²) < 4.78 is 0. The molecule has 3 N–H and O–H groups in total. The second-order valence-electron chi connectivity index (χ2n) is 4.39. The van der Waals surface area contributed by atoms with Gasteiger partial charge in [0.1, 0.15) is 6.29 Å². The zero-order valence-corrected chi connectivity index (χ0v) is 14.6. The SMILES string of the molecule is C=CSC(CCO)=C(C)C.CC/C(C=O)=C/NC(C)=[NH+]C. The van der Waals surface area contributed by atoms with Crippen LogP contribution in [0.4, 0.5) is 0 Å². The van der Waals surface area contributed by atoms with E-state index in [1.54, 1.807) is 23.4 Å². The summed E-state index contributed by atoms with van der Waals surface area (Å²) in [6.45, 7) is 11.8. The highest BCUT2D eigenvalue weighted by atomic mass is 32.2. The predicted octanol–water partition coefficient (Wildman–Crippen LogP) is 1.74. The monoisotopic (exact) mass is 313 g/mol. The lowest BCUT2D eigenvalue weighted by molar-refractivity contribution is -0.422. The molecular formula is C16H29N2O2S+. The third-order valence-electron chi connectivity index (χ3n) is 2.53. The molecule has 0 radical (unpaired) electrons. The minimum absolute atomic E-state index is 0.224. The van der Waals surface area contributed by atoms with Crippen molar-refractivity contribution >= 4 is 23.9 Å². The maximum atomic E-state index is 10.3. The Kier molecular flexibility index (Phi) is 15.8. The summed E-state index contributed by atoms with van der Waals surface area (Å²) in [5.41, 5.74) is 2.03. The number of hydrogen-bond acceptors (Lipinski definition) is 3. The number of aliphatic hydroxyl groups excluding tert-OH is 1. The van der Waals surface area contributed by atoms with Gasteiger partial charge >= 0.3 is 0 Å². The number of carbonyl (C=O) groups is 1. The largest absolute Gasteiger partial charge is 0.396 e. The number of thioether (sulfide) groups is 1. The molecule has 0 aromatic heterocycles. The molecule has 0 aromatic carbocycles. The lowest BCUT2D eigenvalue weighted by Crippen LogP contribution is -2.70. The van der Waals surface area contributed by atoms with E-state index in [-0.39, 0.29) is 6.61 Å². The minimum Gasteiger partial charge on any atom is -0.396 e. The van der Waals surface area contributed by atoms with Crippen molar-refractivity contribution in [3.8, 4) is 0 Å². The highest BCUT2D eigenvalue weighted by molar-refractivity contribution is 8.05. The Bertz CT molecular complexity index is 395. The van der Waals surface area contributed by atoms with Crippen molar-refractivity contribution in [3.05, 3.63) is 34.2 Å². The summed E-state index contributed by atoms with van der Waals surface area (Å²) in [7, 11) is 1.82. The smallest absolute Gasteiger partial charge is 0.243 e. The highest BCUT2D eigenvalue weighted by Crippen LogP contribution is 2.22. The zero-order valence-electron chi connectivity index (χ0n) is 13.8. The molecule has 0 aliphatic rings. The van der Waals surface area contributed by atoms with Gasteiger partial charge in [-0.1, -0.05) is 19.1 Å². The van der Waals surface area contributed by atoms with Gasteiger partial charge in [0.25, 0.3) is 0 Å². The highest BCUT2D eigenvalue weighted by Gasteiger charge is 1.96. The van der Waals surface area contributed by atoms with Crippen LogP contribution in [0.1, 0.15) is 40.5 Å². The van der Waals surface area contributed by atoms with Crippen molar-refractivity contribution in [2.45, 2.75) is 40.5 Å². The number of rotatable bonds is 7. The van der Waals surface area contributed by atoms with Crippen LogP contribution in [0.5, 0.6) is 0 Å². The lowest BCUT2D eigenvalue weighted by atomic mass is 10.2. The lowest BCUT2D eigenvalue weighted by Gasteiger charge is -2.02. The van der Waals surface area contributed by atoms with Crippen LogP contribution in [-0.2, 0) is 4.79 Å². The van der Waals surface area contributed by atoms with Crippen LogP contribution < -0.4 is 10.3 Å². The molecule has 4 nitrogen and oxygen atoms in total. The van der Waals surface area contributed by atoms with E-state index in [0.29, 0.717) is 0 Å². The molecule has 0 bridgehead atoms. The summed E-state index contributed by atoms with van der Waals surface area (Å²) in [5, 5.41) is 13.4. The quantitative estimate of drug-likeness (QED) is 0.290. The number of allylic oxidation sites excluding steroid dienone is 2. The molecule has 0 atom stereocenters. The van der Waals surface area contributed by atoms with Crippen LogP contribution >= 0.6 is 11.8 Å². The molecule has 0 saturated heterocycles. The summed E-state index contributed by atoms with van der Waals surface area (Å²) >= 11 is 1.59. The van der Waals surface area contributed by atoms with Gasteiger partial charge in [0.05, 0.1) is 13.2 Å². The number of hydrogen-bond donors (Lipinski definition) is 3. The summed E-state index contributed by atoms with van der Waals surface area (Å²) in [6, 6.07) is 0. The van der Waals surface area contributed by atoms with Crippen LogP contribution in [-0.4, -0.2) is 30.9 Å². The molecule has 0 unspecified atom stereocenters. The van der Waals surface area contributed by atoms with E-state index in [1.807, 2.05) is 34.7 Å². The van der Waals surface area contributed by atoms with Crippen LogP contribution in [0.15, 0.2) is 34.2 Å². The van der Waals surface area contributed by atoms with Gasteiger partial charge in [-0.25, -0.2) is 0 Å². The maximum Gasteiger partial charge on any atom is 0.243 e. The van der Waals surface area contributed by atoms with Gasteiger partial charge in [0.15, 0.2) is 0 Å². The van der Waals surface area contributed by atoms with Crippen molar-refractivity contribution in [2.75, 3.05) is 13.7 Å².